The van der Waals surface area contributed by atoms with Crippen LogP contribution < -0.4 is 5.43 Å². The number of aromatic nitrogens is 1. The van der Waals surface area contributed by atoms with E-state index in [0.717, 1.165) is 0 Å². The number of hydrogen-bond acceptors (Lipinski definition) is 3. The Hall–Kier alpha value is -2.63. The van der Waals surface area contributed by atoms with E-state index in [0.29, 0.717) is 29.0 Å². The number of phenolic OH excluding ortho intramolecular Hbond substituents is 1. The number of amides is 1. The Kier molecular flexibility index (Phi) is 3.21. The summed E-state index contributed by atoms with van der Waals surface area (Å²) in [7, 11) is 0. The van der Waals surface area contributed by atoms with Crippen molar-refractivity contribution in [3.05, 3.63) is 53.1 Å². The van der Waals surface area contributed by atoms with Crippen molar-refractivity contribution in [1.29, 1.82) is 0 Å². The maximum Gasteiger partial charge on any atom is 0.287 e. The van der Waals surface area contributed by atoms with Crippen LogP contribution in [-0.4, -0.2) is 21.7 Å². The number of aromatic amines is 1. The number of phenols is 1. The molecular weight excluding hydrogens is 273 g/mol. The predicted molar refractivity (Wildman–Crippen MR) is 75.9 cm³/mol. The standard InChI is InChI=1S/C15H14FN3O2/c1-8-7-11(14-12(20)5-4-9(16)13(8)14)18-19-15(21)10-3-2-6-17-10/h2-6,8,17,20H,7H2,1H3,(H,19,21)/b18-11+/t8-/m1/s1. The monoisotopic (exact) mass is 287 g/mol. The zero-order valence-electron chi connectivity index (χ0n) is 11.4. The lowest BCUT2D eigenvalue weighted by molar-refractivity contribution is 0.0950. The highest BCUT2D eigenvalue weighted by Crippen LogP contribution is 2.39. The van der Waals surface area contributed by atoms with Crippen molar-refractivity contribution in [2.45, 2.75) is 19.3 Å². The summed E-state index contributed by atoms with van der Waals surface area (Å²) < 4.78 is 13.9. The van der Waals surface area contributed by atoms with Gasteiger partial charge in [-0.2, -0.15) is 5.10 Å². The Morgan fingerprint density at radius 2 is 2.29 bits per heavy atom. The molecule has 0 saturated heterocycles. The third-order valence-corrected chi connectivity index (χ3v) is 3.59. The molecule has 2 aromatic rings. The lowest BCUT2D eigenvalue weighted by atomic mass is 10.0. The Morgan fingerprint density at radius 1 is 1.48 bits per heavy atom. The molecule has 5 nitrogen and oxygen atoms in total. The quantitative estimate of drug-likeness (QED) is 0.742. The number of fused-ring (bicyclic) bond motifs is 1. The number of hydrogen-bond donors (Lipinski definition) is 3. The number of nitrogens with one attached hydrogen (secondary N) is 2. The van der Waals surface area contributed by atoms with E-state index in [1.807, 2.05) is 6.92 Å². The molecule has 0 bridgehead atoms. The zero-order valence-corrected chi connectivity index (χ0v) is 11.4. The van der Waals surface area contributed by atoms with E-state index in [2.05, 4.69) is 15.5 Å². The van der Waals surface area contributed by atoms with Crippen LogP contribution in [0.3, 0.4) is 0 Å². The fourth-order valence-corrected chi connectivity index (χ4v) is 2.61. The molecule has 21 heavy (non-hydrogen) atoms. The topological polar surface area (TPSA) is 77.5 Å². The maximum atomic E-state index is 13.9. The largest absolute Gasteiger partial charge is 0.507 e. The van der Waals surface area contributed by atoms with Crippen molar-refractivity contribution in [3.8, 4) is 5.75 Å². The van der Waals surface area contributed by atoms with Gasteiger partial charge in [0.25, 0.3) is 5.91 Å². The molecule has 0 unspecified atom stereocenters. The van der Waals surface area contributed by atoms with Crippen LogP contribution in [0.5, 0.6) is 5.75 Å². The minimum atomic E-state index is -0.385. The zero-order chi connectivity index (χ0) is 15.0. The van der Waals surface area contributed by atoms with Gasteiger partial charge in [0.05, 0.1) is 5.71 Å². The molecule has 108 valence electrons. The Bertz CT molecular complexity index is 723. The molecule has 0 fully saturated rings. The molecule has 3 N–H and O–H groups in total. The number of carbonyl (C=O) groups is 1. The molecule has 6 heteroatoms. The van der Waals surface area contributed by atoms with Crippen molar-refractivity contribution in [1.82, 2.24) is 10.4 Å². The first-order valence-electron chi connectivity index (χ1n) is 6.60. The number of carbonyl (C=O) groups excluding carboxylic acids is 1. The molecule has 0 saturated carbocycles. The van der Waals surface area contributed by atoms with Gasteiger partial charge in [0.15, 0.2) is 0 Å². The van der Waals surface area contributed by atoms with Gasteiger partial charge in [-0.15, -0.1) is 0 Å². The van der Waals surface area contributed by atoms with E-state index >= 15 is 0 Å². The maximum absolute atomic E-state index is 13.9. The Morgan fingerprint density at radius 3 is 3.00 bits per heavy atom. The minimum Gasteiger partial charge on any atom is -0.507 e. The van der Waals surface area contributed by atoms with Crippen LogP contribution in [0.15, 0.2) is 35.6 Å². The molecule has 3 rings (SSSR count). The van der Waals surface area contributed by atoms with Crippen molar-refractivity contribution in [3.63, 3.8) is 0 Å². The van der Waals surface area contributed by atoms with Crippen LogP contribution in [0.2, 0.25) is 0 Å². The molecule has 1 amide bonds. The molecular formula is C15H14FN3O2. The lowest BCUT2D eigenvalue weighted by Gasteiger charge is -2.06. The number of benzene rings is 1. The van der Waals surface area contributed by atoms with Crippen LogP contribution in [0.4, 0.5) is 4.39 Å². The van der Waals surface area contributed by atoms with E-state index < -0.39 is 0 Å². The number of nitrogens with zero attached hydrogens (tertiary/aromatic N) is 1. The average Bonchev–Trinajstić information content (AvgIpc) is 3.09. The van der Waals surface area contributed by atoms with E-state index in [1.165, 1.54) is 12.1 Å². The van der Waals surface area contributed by atoms with Crippen molar-refractivity contribution < 1.29 is 14.3 Å². The van der Waals surface area contributed by atoms with Crippen LogP contribution in [0.25, 0.3) is 0 Å². The normalized spacial score (nSPS) is 18.8. The van der Waals surface area contributed by atoms with Gasteiger partial charge >= 0.3 is 0 Å². The third-order valence-electron chi connectivity index (χ3n) is 3.59. The van der Waals surface area contributed by atoms with Gasteiger partial charge < -0.3 is 10.1 Å². The Labute approximate surface area is 120 Å². The molecule has 0 radical (unpaired) electrons. The minimum absolute atomic E-state index is 0.0244. The van der Waals surface area contributed by atoms with Crippen LogP contribution in [0, 0.1) is 5.82 Å². The summed E-state index contributed by atoms with van der Waals surface area (Å²) in [4.78, 5) is 14.6. The van der Waals surface area contributed by atoms with Gasteiger partial charge in [0.1, 0.15) is 17.3 Å². The van der Waals surface area contributed by atoms with E-state index in [4.69, 9.17) is 0 Å². The van der Waals surface area contributed by atoms with Gasteiger partial charge in [-0.25, -0.2) is 9.82 Å². The molecule has 1 aromatic heterocycles. The number of aromatic hydroxyl groups is 1. The summed E-state index contributed by atoms with van der Waals surface area (Å²) in [5.41, 5.74) is 4.11. The first-order chi connectivity index (χ1) is 10.1. The van der Waals surface area contributed by atoms with Crippen molar-refractivity contribution in [2.75, 3.05) is 0 Å². The van der Waals surface area contributed by atoms with Gasteiger partial charge in [-0.05, 0) is 36.6 Å². The summed E-state index contributed by atoms with van der Waals surface area (Å²) in [6, 6.07) is 5.87. The highest BCUT2D eigenvalue weighted by atomic mass is 19.1. The van der Waals surface area contributed by atoms with Gasteiger partial charge in [0, 0.05) is 17.3 Å². The van der Waals surface area contributed by atoms with Crippen LogP contribution >= 0.6 is 0 Å². The fourth-order valence-electron chi connectivity index (χ4n) is 2.61. The predicted octanol–water partition coefficient (Wildman–Crippen LogP) is 2.50. The highest BCUT2D eigenvalue weighted by molar-refractivity contribution is 6.08. The van der Waals surface area contributed by atoms with Crippen molar-refractivity contribution >= 4 is 11.6 Å². The molecule has 0 aliphatic heterocycles. The number of H-pyrrole nitrogens is 1. The van der Waals surface area contributed by atoms with Gasteiger partial charge in [0.2, 0.25) is 0 Å². The number of rotatable bonds is 2. The van der Waals surface area contributed by atoms with Crippen LogP contribution in [-0.2, 0) is 0 Å². The van der Waals surface area contributed by atoms with Crippen LogP contribution in [0.1, 0.15) is 40.9 Å². The second-order valence-electron chi connectivity index (χ2n) is 5.04. The van der Waals surface area contributed by atoms with Crippen molar-refractivity contribution in [2.24, 2.45) is 5.10 Å². The first kappa shape index (κ1) is 13.4. The fraction of sp³-hybridized carbons (Fsp3) is 0.200. The second-order valence-corrected chi connectivity index (χ2v) is 5.04. The van der Waals surface area contributed by atoms with E-state index in [-0.39, 0.29) is 23.4 Å². The summed E-state index contributed by atoms with van der Waals surface area (Å²) in [5.74, 6) is -0.863. The van der Waals surface area contributed by atoms with E-state index in [9.17, 15) is 14.3 Å². The average molecular weight is 287 g/mol. The van der Waals surface area contributed by atoms with Gasteiger partial charge in [-0.1, -0.05) is 6.92 Å². The summed E-state index contributed by atoms with van der Waals surface area (Å²) in [5, 5.41) is 14.0. The molecule has 1 aliphatic carbocycles. The van der Waals surface area contributed by atoms with Gasteiger partial charge in [-0.3, -0.25) is 4.79 Å². The molecule has 0 spiro atoms. The lowest BCUT2D eigenvalue weighted by Crippen LogP contribution is -2.19. The first-order valence-corrected chi connectivity index (χ1v) is 6.60. The second kappa shape index (κ2) is 5.05. The summed E-state index contributed by atoms with van der Waals surface area (Å²) in [6.07, 6.45) is 2.10. The highest BCUT2D eigenvalue weighted by Gasteiger charge is 2.30. The molecule has 1 aromatic carbocycles. The molecule has 1 heterocycles. The third kappa shape index (κ3) is 2.29. The smallest absolute Gasteiger partial charge is 0.287 e. The summed E-state index contributed by atoms with van der Waals surface area (Å²) >= 11 is 0. The molecule has 1 aliphatic rings. The Balaban J connectivity index is 1.91. The number of hydrazone groups is 1. The number of halogens is 1. The SMILES string of the molecule is C[C@@H]1C/C(=N\NC(=O)c2ccc[nH]2)c2c(O)ccc(F)c21. The summed E-state index contributed by atoms with van der Waals surface area (Å²) in [6.45, 7) is 1.86. The molecule has 1 atom stereocenters. The van der Waals surface area contributed by atoms with E-state index in [1.54, 1.807) is 18.3 Å².